The minimum Gasteiger partial charge on any atom is -0.307 e. The van der Waals surface area contributed by atoms with E-state index < -0.39 is 0 Å². The molecule has 0 saturated heterocycles. The molecule has 0 spiro atoms. The third kappa shape index (κ3) is 3.68. The van der Waals surface area contributed by atoms with Crippen LogP contribution in [0.2, 0.25) is 0 Å². The molecule has 2 nitrogen and oxygen atoms in total. The number of hydrogen-bond acceptors (Lipinski definition) is 2. The average Bonchev–Trinajstić information content (AvgIpc) is 2.32. The van der Waals surface area contributed by atoms with Crippen molar-refractivity contribution in [3.63, 3.8) is 0 Å². The average molecular weight is 226 g/mol. The molecule has 2 heteroatoms. The summed E-state index contributed by atoms with van der Waals surface area (Å²) in [6.07, 6.45) is 0. The second-order valence-corrected chi connectivity index (χ2v) is 4.36. The molecular formula is C15H18N2. The fraction of sp³-hybridized carbons (Fsp3) is 0.267. The zero-order chi connectivity index (χ0) is 12.1. The second kappa shape index (κ2) is 5.60. The van der Waals surface area contributed by atoms with Gasteiger partial charge in [0.2, 0.25) is 0 Å². The highest BCUT2D eigenvalue weighted by Gasteiger charge is 1.95. The number of rotatable bonds is 4. The molecule has 0 amide bonds. The molecule has 0 fully saturated rings. The molecule has 1 N–H and O–H groups in total. The highest BCUT2D eigenvalue weighted by Crippen LogP contribution is 2.03. The van der Waals surface area contributed by atoms with Gasteiger partial charge in [0.05, 0.1) is 5.69 Å². The van der Waals surface area contributed by atoms with Crippen molar-refractivity contribution in [2.45, 2.75) is 26.9 Å². The maximum absolute atomic E-state index is 4.46. The zero-order valence-corrected chi connectivity index (χ0v) is 10.4. The first kappa shape index (κ1) is 11.8. The van der Waals surface area contributed by atoms with Crippen LogP contribution in [0.15, 0.2) is 42.5 Å². The van der Waals surface area contributed by atoms with Gasteiger partial charge in [-0.2, -0.15) is 0 Å². The number of aromatic nitrogens is 1. The van der Waals surface area contributed by atoms with Crippen molar-refractivity contribution in [2.24, 2.45) is 0 Å². The SMILES string of the molecule is Cc1ccc(CNCc2cccc(C)n2)cc1. The molecule has 0 atom stereocenters. The second-order valence-electron chi connectivity index (χ2n) is 4.36. The Morgan fingerprint density at radius 2 is 1.71 bits per heavy atom. The molecule has 17 heavy (non-hydrogen) atoms. The molecule has 1 aromatic carbocycles. The predicted molar refractivity (Wildman–Crippen MR) is 70.7 cm³/mol. The summed E-state index contributed by atoms with van der Waals surface area (Å²) in [5.74, 6) is 0. The maximum Gasteiger partial charge on any atom is 0.0544 e. The third-order valence-electron chi connectivity index (χ3n) is 2.70. The summed E-state index contributed by atoms with van der Waals surface area (Å²) < 4.78 is 0. The highest BCUT2D eigenvalue weighted by molar-refractivity contribution is 5.21. The largest absolute Gasteiger partial charge is 0.307 e. The van der Waals surface area contributed by atoms with Crippen LogP contribution in [-0.4, -0.2) is 4.98 Å². The molecular weight excluding hydrogens is 208 g/mol. The number of hydrogen-bond donors (Lipinski definition) is 1. The van der Waals surface area contributed by atoms with Gasteiger partial charge in [-0.15, -0.1) is 0 Å². The van der Waals surface area contributed by atoms with E-state index >= 15 is 0 Å². The molecule has 88 valence electrons. The fourth-order valence-corrected chi connectivity index (χ4v) is 1.74. The lowest BCUT2D eigenvalue weighted by Gasteiger charge is -2.05. The number of benzene rings is 1. The van der Waals surface area contributed by atoms with Crippen molar-refractivity contribution in [3.8, 4) is 0 Å². The van der Waals surface area contributed by atoms with Crippen LogP contribution >= 0.6 is 0 Å². The molecule has 2 rings (SSSR count). The lowest BCUT2D eigenvalue weighted by atomic mass is 10.1. The van der Waals surface area contributed by atoms with Crippen LogP contribution in [-0.2, 0) is 13.1 Å². The van der Waals surface area contributed by atoms with Crippen LogP contribution in [0.5, 0.6) is 0 Å². The van der Waals surface area contributed by atoms with Gasteiger partial charge in [-0.05, 0) is 31.5 Å². The molecule has 0 saturated carbocycles. The molecule has 2 aromatic rings. The monoisotopic (exact) mass is 226 g/mol. The van der Waals surface area contributed by atoms with E-state index in [1.165, 1.54) is 11.1 Å². The quantitative estimate of drug-likeness (QED) is 0.867. The maximum atomic E-state index is 4.46. The van der Waals surface area contributed by atoms with Gasteiger partial charge in [-0.3, -0.25) is 4.98 Å². The van der Waals surface area contributed by atoms with E-state index in [9.17, 15) is 0 Å². The van der Waals surface area contributed by atoms with Crippen molar-refractivity contribution >= 4 is 0 Å². The van der Waals surface area contributed by atoms with Crippen molar-refractivity contribution < 1.29 is 0 Å². The smallest absolute Gasteiger partial charge is 0.0544 e. The van der Waals surface area contributed by atoms with E-state index in [4.69, 9.17) is 0 Å². The zero-order valence-electron chi connectivity index (χ0n) is 10.4. The number of pyridine rings is 1. The van der Waals surface area contributed by atoms with Crippen LogP contribution < -0.4 is 5.32 Å². The number of aryl methyl sites for hydroxylation is 2. The highest BCUT2D eigenvalue weighted by atomic mass is 14.9. The summed E-state index contributed by atoms with van der Waals surface area (Å²) in [7, 11) is 0. The van der Waals surface area contributed by atoms with Crippen molar-refractivity contribution in [1.82, 2.24) is 10.3 Å². The van der Waals surface area contributed by atoms with E-state index in [0.29, 0.717) is 0 Å². The summed E-state index contributed by atoms with van der Waals surface area (Å²) >= 11 is 0. The van der Waals surface area contributed by atoms with Crippen LogP contribution in [0.25, 0.3) is 0 Å². The Morgan fingerprint density at radius 3 is 2.41 bits per heavy atom. The molecule has 0 aliphatic rings. The molecule has 1 aromatic heterocycles. The standard InChI is InChI=1S/C15H18N2/c1-12-6-8-14(9-7-12)10-16-11-15-5-3-4-13(2)17-15/h3-9,16H,10-11H2,1-2H3. The molecule has 0 aliphatic carbocycles. The van der Waals surface area contributed by atoms with E-state index in [1.54, 1.807) is 0 Å². The van der Waals surface area contributed by atoms with Gasteiger partial charge in [0, 0.05) is 18.8 Å². The lowest BCUT2D eigenvalue weighted by molar-refractivity contribution is 0.678. The van der Waals surface area contributed by atoms with Gasteiger partial charge in [-0.1, -0.05) is 35.9 Å². The first-order valence-corrected chi connectivity index (χ1v) is 5.93. The Hall–Kier alpha value is -1.67. The molecule has 0 unspecified atom stereocenters. The number of nitrogens with zero attached hydrogens (tertiary/aromatic N) is 1. The van der Waals surface area contributed by atoms with Crippen molar-refractivity contribution in [3.05, 3.63) is 65.0 Å². The Bertz CT molecular complexity index is 475. The van der Waals surface area contributed by atoms with E-state index in [2.05, 4.69) is 47.6 Å². The minimum absolute atomic E-state index is 0.815. The summed E-state index contributed by atoms with van der Waals surface area (Å²) in [6.45, 7) is 5.82. The molecule has 0 bridgehead atoms. The molecule has 0 radical (unpaired) electrons. The first-order valence-electron chi connectivity index (χ1n) is 5.93. The predicted octanol–water partition coefficient (Wildman–Crippen LogP) is 2.99. The van der Waals surface area contributed by atoms with Crippen LogP contribution in [0.1, 0.15) is 22.5 Å². The molecule has 1 heterocycles. The van der Waals surface area contributed by atoms with Gasteiger partial charge >= 0.3 is 0 Å². The summed E-state index contributed by atoms with van der Waals surface area (Å²) in [5.41, 5.74) is 4.77. The van der Waals surface area contributed by atoms with Crippen molar-refractivity contribution in [2.75, 3.05) is 0 Å². The van der Waals surface area contributed by atoms with Crippen molar-refractivity contribution in [1.29, 1.82) is 0 Å². The van der Waals surface area contributed by atoms with Crippen LogP contribution in [0, 0.1) is 13.8 Å². The molecule has 0 aliphatic heterocycles. The van der Waals surface area contributed by atoms with Gasteiger partial charge in [0.15, 0.2) is 0 Å². The summed E-state index contributed by atoms with van der Waals surface area (Å²) in [6, 6.07) is 14.7. The third-order valence-corrected chi connectivity index (χ3v) is 2.70. The Balaban J connectivity index is 1.85. The van der Waals surface area contributed by atoms with Gasteiger partial charge in [0.1, 0.15) is 0 Å². The van der Waals surface area contributed by atoms with Gasteiger partial charge < -0.3 is 5.32 Å². The minimum atomic E-state index is 0.815. The van der Waals surface area contributed by atoms with E-state index in [0.717, 1.165) is 24.5 Å². The fourth-order valence-electron chi connectivity index (χ4n) is 1.74. The first-order chi connectivity index (χ1) is 8.24. The summed E-state index contributed by atoms with van der Waals surface area (Å²) in [5, 5.41) is 3.40. The summed E-state index contributed by atoms with van der Waals surface area (Å²) in [4.78, 5) is 4.46. The van der Waals surface area contributed by atoms with E-state index in [-0.39, 0.29) is 0 Å². The Kier molecular flexibility index (Phi) is 3.89. The van der Waals surface area contributed by atoms with Crippen LogP contribution in [0.4, 0.5) is 0 Å². The van der Waals surface area contributed by atoms with Gasteiger partial charge in [0.25, 0.3) is 0 Å². The van der Waals surface area contributed by atoms with E-state index in [1.807, 2.05) is 19.1 Å². The van der Waals surface area contributed by atoms with Crippen LogP contribution in [0.3, 0.4) is 0 Å². The Morgan fingerprint density at radius 1 is 0.941 bits per heavy atom. The topological polar surface area (TPSA) is 24.9 Å². The normalized spacial score (nSPS) is 10.5. The Labute approximate surface area is 103 Å². The lowest BCUT2D eigenvalue weighted by Crippen LogP contribution is -2.13. The van der Waals surface area contributed by atoms with Gasteiger partial charge in [-0.25, -0.2) is 0 Å². The number of nitrogens with one attached hydrogen (secondary N) is 1.